The molecule has 122 valence electrons. The minimum absolute atomic E-state index is 0.230. The third kappa shape index (κ3) is 4.46. The lowest BCUT2D eigenvalue weighted by Gasteiger charge is -2.10. The Morgan fingerprint density at radius 1 is 1.00 bits per heavy atom. The van der Waals surface area contributed by atoms with E-state index in [1.807, 2.05) is 0 Å². The first kappa shape index (κ1) is 17.3. The summed E-state index contributed by atoms with van der Waals surface area (Å²) in [5.41, 5.74) is -1.85. The van der Waals surface area contributed by atoms with Gasteiger partial charge in [-0.2, -0.15) is 21.6 Å². The number of benzene rings is 2. The minimum Gasteiger partial charge on any atom is -0.264 e. The molecule has 0 aliphatic heterocycles. The van der Waals surface area contributed by atoms with E-state index in [-0.39, 0.29) is 15.5 Å². The number of nitrogens with zero attached hydrogens (tertiary/aromatic N) is 1. The molecule has 2 aromatic carbocycles. The first-order valence-electron chi connectivity index (χ1n) is 6.10. The monoisotopic (exact) mass is 363 g/mol. The molecule has 0 spiro atoms. The molecule has 0 aromatic heterocycles. The van der Waals surface area contributed by atoms with Crippen molar-refractivity contribution < 1.29 is 25.9 Å². The summed E-state index contributed by atoms with van der Waals surface area (Å²) in [6.45, 7) is 0. The molecule has 2 aromatic rings. The first-order chi connectivity index (χ1) is 10.7. The molecule has 0 unspecified atom stereocenters. The second-order valence-corrected chi connectivity index (χ2v) is 6.25. The molecular weight excluding hydrogens is 355 g/mol. The predicted octanol–water partition coefficient (Wildman–Crippen LogP) is 4.01. The van der Waals surface area contributed by atoms with Crippen molar-refractivity contribution in [2.75, 3.05) is 0 Å². The molecule has 0 N–H and O–H groups in total. The third-order valence-corrected chi connectivity index (χ3v) is 4.02. The van der Waals surface area contributed by atoms with E-state index in [9.17, 15) is 21.6 Å². The molecule has 0 atom stereocenters. The van der Waals surface area contributed by atoms with Crippen molar-refractivity contribution in [3.8, 4) is 0 Å². The van der Waals surface area contributed by atoms with Crippen molar-refractivity contribution in [3.05, 3.63) is 65.2 Å². The molecule has 0 fully saturated rings. The van der Waals surface area contributed by atoms with E-state index in [0.717, 1.165) is 12.1 Å². The van der Waals surface area contributed by atoms with Gasteiger partial charge in [0.25, 0.3) is 0 Å². The Balaban J connectivity index is 2.37. The van der Waals surface area contributed by atoms with Crippen LogP contribution < -0.4 is 0 Å². The summed E-state index contributed by atoms with van der Waals surface area (Å²) >= 11 is 5.61. The average Bonchev–Trinajstić information content (AvgIpc) is 2.49. The Morgan fingerprint density at radius 2 is 1.57 bits per heavy atom. The largest absolute Gasteiger partial charge is 0.437 e. The lowest BCUT2D eigenvalue weighted by molar-refractivity contribution is -0.0597. The van der Waals surface area contributed by atoms with Gasteiger partial charge >= 0.3 is 16.3 Å². The summed E-state index contributed by atoms with van der Waals surface area (Å²) in [5, 5.41) is 3.03. The number of alkyl halides is 3. The van der Waals surface area contributed by atoms with Gasteiger partial charge < -0.3 is 0 Å². The number of oxime groups is 1. The van der Waals surface area contributed by atoms with E-state index in [1.54, 1.807) is 6.07 Å². The van der Waals surface area contributed by atoms with Gasteiger partial charge in [0.1, 0.15) is 4.90 Å². The highest BCUT2D eigenvalue weighted by atomic mass is 35.5. The Hall–Kier alpha value is -2.06. The van der Waals surface area contributed by atoms with Gasteiger partial charge in [-0.1, -0.05) is 47.1 Å². The van der Waals surface area contributed by atoms with Crippen LogP contribution >= 0.6 is 11.6 Å². The van der Waals surface area contributed by atoms with Gasteiger partial charge in [-0.3, -0.25) is 4.28 Å². The minimum atomic E-state index is -4.90. The zero-order chi connectivity index (χ0) is 17.1. The van der Waals surface area contributed by atoms with Crippen LogP contribution in [-0.2, 0) is 14.4 Å². The first-order valence-corrected chi connectivity index (χ1v) is 7.88. The molecule has 4 nitrogen and oxygen atoms in total. The Kier molecular flexibility index (Phi) is 4.96. The fraction of sp³-hybridized carbons (Fsp3) is 0.0714. The number of hydrogen-bond acceptors (Lipinski definition) is 4. The van der Waals surface area contributed by atoms with Crippen LogP contribution in [0.1, 0.15) is 5.56 Å². The highest BCUT2D eigenvalue weighted by molar-refractivity contribution is 7.86. The van der Waals surface area contributed by atoms with Gasteiger partial charge in [-0.15, -0.1) is 0 Å². The summed E-state index contributed by atoms with van der Waals surface area (Å²) in [6, 6.07) is 11.3. The van der Waals surface area contributed by atoms with E-state index in [2.05, 4.69) is 9.44 Å². The fourth-order valence-corrected chi connectivity index (χ4v) is 2.47. The standard InChI is InChI=1S/C14H9ClF3NO3S/c15-11-8-6-10(7-9-11)13(14(16,17)18)19-22-23(20,21)12-4-2-1-3-5-12/h1-9H. The molecule has 0 saturated carbocycles. The van der Waals surface area contributed by atoms with E-state index < -0.39 is 22.0 Å². The summed E-state index contributed by atoms with van der Waals surface area (Å²) in [6.07, 6.45) is -4.90. The molecule has 9 heteroatoms. The van der Waals surface area contributed by atoms with E-state index in [4.69, 9.17) is 11.6 Å². The molecule has 2 rings (SSSR count). The van der Waals surface area contributed by atoms with Crippen LogP contribution in [0.2, 0.25) is 5.02 Å². The van der Waals surface area contributed by atoms with Crippen LogP contribution in [0.5, 0.6) is 0 Å². The van der Waals surface area contributed by atoms with Crippen LogP contribution in [0.4, 0.5) is 13.2 Å². The van der Waals surface area contributed by atoms with Gasteiger partial charge in [0.15, 0.2) is 5.71 Å². The highest BCUT2D eigenvalue weighted by Crippen LogP contribution is 2.25. The summed E-state index contributed by atoms with van der Waals surface area (Å²) in [4.78, 5) is -0.304. The molecule has 0 heterocycles. The zero-order valence-electron chi connectivity index (χ0n) is 11.3. The van der Waals surface area contributed by atoms with Crippen LogP contribution in [-0.4, -0.2) is 20.3 Å². The van der Waals surface area contributed by atoms with Gasteiger partial charge in [-0.05, 0) is 24.3 Å². The van der Waals surface area contributed by atoms with Crippen LogP contribution in [0, 0.1) is 0 Å². The van der Waals surface area contributed by atoms with Crippen molar-refractivity contribution >= 4 is 27.4 Å². The number of hydrogen-bond donors (Lipinski definition) is 0. The third-order valence-electron chi connectivity index (χ3n) is 2.64. The topological polar surface area (TPSA) is 55.7 Å². The van der Waals surface area contributed by atoms with Crippen molar-refractivity contribution in [2.24, 2.45) is 5.16 Å². The lowest BCUT2D eigenvalue weighted by Crippen LogP contribution is -2.25. The second-order valence-electron chi connectivity index (χ2n) is 4.29. The SMILES string of the molecule is O=S(=O)(ON=C(c1ccc(Cl)cc1)C(F)(F)F)c1ccccc1. The number of rotatable bonds is 4. The second kappa shape index (κ2) is 6.59. The van der Waals surface area contributed by atoms with Gasteiger partial charge in [0, 0.05) is 10.6 Å². The normalized spacial score (nSPS) is 13.0. The summed E-state index contributed by atoms with van der Waals surface area (Å²) in [7, 11) is -4.45. The van der Waals surface area contributed by atoms with Crippen LogP contribution in [0.3, 0.4) is 0 Å². The maximum atomic E-state index is 13.0. The lowest BCUT2D eigenvalue weighted by atomic mass is 10.1. The molecule has 0 amide bonds. The predicted molar refractivity (Wildman–Crippen MR) is 78.8 cm³/mol. The van der Waals surface area contributed by atoms with E-state index in [1.165, 1.54) is 36.4 Å². The molecule has 23 heavy (non-hydrogen) atoms. The molecule has 0 aliphatic rings. The van der Waals surface area contributed by atoms with Gasteiger partial charge in [0.2, 0.25) is 0 Å². The van der Waals surface area contributed by atoms with Crippen LogP contribution in [0.15, 0.2) is 64.6 Å². The van der Waals surface area contributed by atoms with Crippen molar-refractivity contribution in [1.29, 1.82) is 0 Å². The van der Waals surface area contributed by atoms with Crippen LogP contribution in [0.25, 0.3) is 0 Å². The molecule has 0 saturated heterocycles. The maximum absolute atomic E-state index is 13.0. The fourth-order valence-electron chi connectivity index (χ4n) is 1.59. The Bertz CT molecular complexity index is 803. The highest BCUT2D eigenvalue weighted by Gasteiger charge is 2.38. The van der Waals surface area contributed by atoms with E-state index in [0.29, 0.717) is 0 Å². The maximum Gasteiger partial charge on any atom is 0.437 e. The molecular formula is C14H9ClF3NO3S. The zero-order valence-corrected chi connectivity index (χ0v) is 12.9. The smallest absolute Gasteiger partial charge is 0.264 e. The summed E-state index contributed by atoms with van der Waals surface area (Å²) < 4.78 is 67.0. The molecule has 0 radical (unpaired) electrons. The Labute approximate surface area is 135 Å². The molecule has 0 bridgehead atoms. The van der Waals surface area contributed by atoms with Crippen molar-refractivity contribution in [1.82, 2.24) is 0 Å². The summed E-state index contributed by atoms with van der Waals surface area (Å²) in [5.74, 6) is 0. The Morgan fingerprint density at radius 3 is 2.09 bits per heavy atom. The van der Waals surface area contributed by atoms with Gasteiger partial charge in [-0.25, -0.2) is 0 Å². The van der Waals surface area contributed by atoms with Crippen molar-refractivity contribution in [2.45, 2.75) is 11.1 Å². The van der Waals surface area contributed by atoms with Gasteiger partial charge in [0.05, 0.1) is 0 Å². The number of halogens is 4. The van der Waals surface area contributed by atoms with E-state index >= 15 is 0 Å². The quantitative estimate of drug-likeness (QED) is 0.609. The average molecular weight is 364 g/mol. The molecule has 0 aliphatic carbocycles. The van der Waals surface area contributed by atoms with Crippen molar-refractivity contribution in [3.63, 3.8) is 0 Å².